The Morgan fingerprint density at radius 2 is 2.19 bits per heavy atom. The van der Waals surface area contributed by atoms with Crippen LogP contribution >= 0.6 is 27.5 Å². The molecule has 1 amide bonds. The van der Waals surface area contributed by atoms with E-state index in [-0.39, 0.29) is 11.9 Å². The summed E-state index contributed by atoms with van der Waals surface area (Å²) in [6, 6.07) is 5.51. The van der Waals surface area contributed by atoms with Crippen LogP contribution < -0.4 is 5.32 Å². The Labute approximate surface area is 110 Å². The van der Waals surface area contributed by atoms with Crippen LogP contribution in [-0.2, 0) is 0 Å². The standard InChI is InChI=1S/C12H15BrClNO/c1-3-11(7-13)15-12(16)9-4-8(2)5-10(14)6-9/h4-6,11H,3,7H2,1-2H3,(H,15,16). The number of hydrogen-bond donors (Lipinski definition) is 1. The summed E-state index contributed by atoms with van der Waals surface area (Å²) in [5.41, 5.74) is 1.61. The third-order valence-corrected chi connectivity index (χ3v) is 3.32. The zero-order valence-electron chi connectivity index (χ0n) is 9.39. The van der Waals surface area contributed by atoms with Crippen LogP contribution in [0.4, 0.5) is 0 Å². The highest BCUT2D eigenvalue weighted by Gasteiger charge is 2.11. The highest BCUT2D eigenvalue weighted by molar-refractivity contribution is 9.09. The Morgan fingerprint density at radius 1 is 1.50 bits per heavy atom. The van der Waals surface area contributed by atoms with Crippen LogP contribution in [-0.4, -0.2) is 17.3 Å². The molecular formula is C12H15BrClNO. The maximum absolute atomic E-state index is 11.9. The van der Waals surface area contributed by atoms with Crippen LogP contribution in [0.15, 0.2) is 18.2 Å². The van der Waals surface area contributed by atoms with Crippen LogP contribution in [0.5, 0.6) is 0 Å². The molecule has 88 valence electrons. The van der Waals surface area contributed by atoms with Crippen molar-refractivity contribution in [3.8, 4) is 0 Å². The molecule has 0 saturated heterocycles. The number of carbonyl (C=O) groups excluding carboxylic acids is 1. The first kappa shape index (κ1) is 13.5. The van der Waals surface area contributed by atoms with Gasteiger partial charge < -0.3 is 5.32 Å². The van der Waals surface area contributed by atoms with Gasteiger partial charge >= 0.3 is 0 Å². The van der Waals surface area contributed by atoms with Crippen molar-refractivity contribution in [1.29, 1.82) is 0 Å². The van der Waals surface area contributed by atoms with Crippen molar-refractivity contribution in [2.45, 2.75) is 26.3 Å². The number of benzene rings is 1. The van der Waals surface area contributed by atoms with Crippen LogP contribution in [0.25, 0.3) is 0 Å². The molecule has 0 aromatic heterocycles. The number of hydrogen-bond acceptors (Lipinski definition) is 1. The van der Waals surface area contributed by atoms with Gasteiger partial charge in [-0.2, -0.15) is 0 Å². The van der Waals surface area contributed by atoms with E-state index in [1.165, 1.54) is 0 Å². The summed E-state index contributed by atoms with van der Waals surface area (Å²) >= 11 is 9.27. The molecule has 0 saturated carbocycles. The van der Waals surface area contributed by atoms with Gasteiger partial charge in [0.1, 0.15) is 0 Å². The Hall–Kier alpha value is -0.540. The Kier molecular flexibility index (Phi) is 5.29. The predicted molar refractivity (Wildman–Crippen MR) is 71.5 cm³/mol. The van der Waals surface area contributed by atoms with Crippen molar-refractivity contribution in [3.05, 3.63) is 34.3 Å². The molecule has 1 aromatic carbocycles. The summed E-state index contributed by atoms with van der Waals surface area (Å²) in [4.78, 5) is 11.9. The quantitative estimate of drug-likeness (QED) is 0.847. The molecule has 0 bridgehead atoms. The third kappa shape index (κ3) is 3.80. The molecule has 16 heavy (non-hydrogen) atoms. The Balaban J connectivity index is 2.80. The molecule has 4 heteroatoms. The van der Waals surface area contributed by atoms with Gasteiger partial charge in [0, 0.05) is 22.0 Å². The second-order valence-electron chi connectivity index (χ2n) is 3.75. The van der Waals surface area contributed by atoms with Crippen LogP contribution in [0.2, 0.25) is 5.02 Å². The number of rotatable bonds is 4. The van der Waals surface area contributed by atoms with Gasteiger partial charge in [-0.1, -0.05) is 34.5 Å². The molecule has 1 N–H and O–H groups in total. The second-order valence-corrected chi connectivity index (χ2v) is 4.83. The molecule has 0 radical (unpaired) electrons. The lowest BCUT2D eigenvalue weighted by Crippen LogP contribution is -2.35. The molecule has 2 nitrogen and oxygen atoms in total. The smallest absolute Gasteiger partial charge is 0.251 e. The van der Waals surface area contributed by atoms with Crippen molar-refractivity contribution in [2.24, 2.45) is 0 Å². The van der Waals surface area contributed by atoms with E-state index in [9.17, 15) is 4.79 Å². The highest BCUT2D eigenvalue weighted by Crippen LogP contribution is 2.14. The first-order valence-electron chi connectivity index (χ1n) is 5.20. The molecule has 1 rings (SSSR count). The molecular weight excluding hydrogens is 289 g/mol. The van der Waals surface area contributed by atoms with E-state index >= 15 is 0 Å². The fourth-order valence-corrected chi connectivity index (χ4v) is 2.30. The molecule has 1 unspecified atom stereocenters. The zero-order valence-corrected chi connectivity index (χ0v) is 11.7. The average molecular weight is 305 g/mol. The number of halogens is 2. The summed E-state index contributed by atoms with van der Waals surface area (Å²) in [7, 11) is 0. The van der Waals surface area contributed by atoms with E-state index in [1.54, 1.807) is 6.07 Å². The van der Waals surface area contributed by atoms with Gasteiger partial charge in [-0.3, -0.25) is 4.79 Å². The third-order valence-electron chi connectivity index (χ3n) is 2.32. The highest BCUT2D eigenvalue weighted by atomic mass is 79.9. The fourth-order valence-electron chi connectivity index (χ4n) is 1.39. The number of alkyl halides is 1. The van der Waals surface area contributed by atoms with Crippen LogP contribution in [0.3, 0.4) is 0 Å². The van der Waals surface area contributed by atoms with E-state index in [2.05, 4.69) is 21.2 Å². The van der Waals surface area contributed by atoms with E-state index in [1.807, 2.05) is 26.0 Å². The maximum atomic E-state index is 11.9. The van der Waals surface area contributed by atoms with E-state index < -0.39 is 0 Å². The Bertz CT molecular complexity index is 357. The van der Waals surface area contributed by atoms with Gasteiger partial charge in [0.05, 0.1) is 0 Å². The number of nitrogens with one attached hydrogen (secondary N) is 1. The molecule has 0 spiro atoms. The normalized spacial score (nSPS) is 12.2. The molecule has 0 fully saturated rings. The van der Waals surface area contributed by atoms with Gasteiger partial charge in [0.2, 0.25) is 0 Å². The summed E-state index contributed by atoms with van der Waals surface area (Å²) in [6.07, 6.45) is 0.899. The summed E-state index contributed by atoms with van der Waals surface area (Å²) in [5.74, 6) is -0.0723. The molecule has 1 atom stereocenters. The van der Waals surface area contributed by atoms with Gasteiger partial charge in [0.15, 0.2) is 0 Å². The maximum Gasteiger partial charge on any atom is 0.251 e. The van der Waals surface area contributed by atoms with E-state index in [0.717, 1.165) is 17.3 Å². The van der Waals surface area contributed by atoms with Crippen molar-refractivity contribution >= 4 is 33.4 Å². The largest absolute Gasteiger partial charge is 0.348 e. The lowest BCUT2D eigenvalue weighted by Gasteiger charge is -2.14. The number of amides is 1. The van der Waals surface area contributed by atoms with E-state index in [4.69, 9.17) is 11.6 Å². The summed E-state index contributed by atoms with van der Waals surface area (Å²) in [5, 5.41) is 4.30. The minimum absolute atomic E-state index is 0.0723. The van der Waals surface area contributed by atoms with Crippen molar-refractivity contribution in [1.82, 2.24) is 5.32 Å². The minimum atomic E-state index is -0.0723. The van der Waals surface area contributed by atoms with Gasteiger partial charge in [-0.05, 0) is 37.1 Å². The first-order chi connectivity index (χ1) is 7.56. The van der Waals surface area contributed by atoms with Gasteiger partial charge in [-0.25, -0.2) is 0 Å². The first-order valence-corrected chi connectivity index (χ1v) is 6.70. The molecule has 0 aliphatic heterocycles. The summed E-state index contributed by atoms with van der Waals surface area (Å²) in [6.45, 7) is 3.96. The van der Waals surface area contributed by atoms with Gasteiger partial charge in [0.25, 0.3) is 5.91 Å². The Morgan fingerprint density at radius 3 is 2.69 bits per heavy atom. The van der Waals surface area contributed by atoms with Crippen LogP contribution in [0, 0.1) is 6.92 Å². The van der Waals surface area contributed by atoms with Crippen LogP contribution in [0.1, 0.15) is 29.3 Å². The molecule has 0 aliphatic carbocycles. The minimum Gasteiger partial charge on any atom is -0.348 e. The monoisotopic (exact) mass is 303 g/mol. The summed E-state index contributed by atoms with van der Waals surface area (Å²) < 4.78 is 0. The van der Waals surface area contributed by atoms with Crippen molar-refractivity contribution < 1.29 is 4.79 Å². The van der Waals surface area contributed by atoms with E-state index in [0.29, 0.717) is 10.6 Å². The predicted octanol–water partition coefficient (Wildman–Crippen LogP) is 3.55. The fraction of sp³-hybridized carbons (Fsp3) is 0.417. The molecule has 1 aromatic rings. The lowest BCUT2D eigenvalue weighted by atomic mass is 10.1. The average Bonchev–Trinajstić information content (AvgIpc) is 2.24. The topological polar surface area (TPSA) is 29.1 Å². The van der Waals surface area contributed by atoms with Crippen molar-refractivity contribution in [2.75, 3.05) is 5.33 Å². The van der Waals surface area contributed by atoms with Crippen molar-refractivity contribution in [3.63, 3.8) is 0 Å². The molecule has 0 heterocycles. The SMILES string of the molecule is CCC(CBr)NC(=O)c1cc(C)cc(Cl)c1. The van der Waals surface area contributed by atoms with Gasteiger partial charge in [-0.15, -0.1) is 0 Å². The molecule has 0 aliphatic rings. The second kappa shape index (κ2) is 6.26. The number of carbonyl (C=O) groups is 1. The zero-order chi connectivity index (χ0) is 12.1. The number of aryl methyl sites for hydroxylation is 1. The lowest BCUT2D eigenvalue weighted by molar-refractivity contribution is 0.0940.